The van der Waals surface area contributed by atoms with Gasteiger partial charge in [0.15, 0.2) is 5.69 Å². The Balaban J connectivity index is 1.48. The van der Waals surface area contributed by atoms with Crippen LogP contribution in [0.1, 0.15) is 49.1 Å². The molecule has 1 saturated heterocycles. The minimum absolute atomic E-state index is 0.258. The van der Waals surface area contributed by atoms with Crippen LogP contribution in [0, 0.1) is 0 Å². The van der Waals surface area contributed by atoms with Crippen molar-refractivity contribution in [3.8, 4) is 17.3 Å². The van der Waals surface area contributed by atoms with E-state index in [1.54, 1.807) is 26.3 Å². The number of piperidine rings is 1. The van der Waals surface area contributed by atoms with Gasteiger partial charge in [0, 0.05) is 67.8 Å². The van der Waals surface area contributed by atoms with Gasteiger partial charge in [0.25, 0.3) is 0 Å². The molecule has 2 aliphatic rings. The SMILES string of the molecule is CCN=C1CCN(c2ccc(-c3nc(C(F)(F)F)cn3C)cc2)C/C1=C(/N)c1c(OC)ncnc1C1CC1. The summed E-state index contributed by atoms with van der Waals surface area (Å²) in [6.07, 6.45) is 0.850. The molecule has 200 valence electrons. The van der Waals surface area contributed by atoms with Crippen molar-refractivity contribution >= 4 is 17.1 Å². The topological polar surface area (TPSA) is 94.5 Å². The number of ether oxygens (including phenoxy) is 1. The molecule has 5 rings (SSSR count). The van der Waals surface area contributed by atoms with Crippen LogP contribution >= 0.6 is 0 Å². The summed E-state index contributed by atoms with van der Waals surface area (Å²) in [5.41, 5.74) is 11.6. The molecule has 0 bridgehead atoms. The van der Waals surface area contributed by atoms with Gasteiger partial charge in [-0.3, -0.25) is 4.99 Å². The van der Waals surface area contributed by atoms with Gasteiger partial charge in [-0.15, -0.1) is 0 Å². The number of halogens is 3. The van der Waals surface area contributed by atoms with Crippen molar-refractivity contribution in [2.45, 2.75) is 38.3 Å². The molecule has 2 N–H and O–H groups in total. The Kier molecular flexibility index (Phi) is 6.85. The fourth-order valence-corrected chi connectivity index (χ4v) is 4.88. The number of methoxy groups -OCH3 is 1. The lowest BCUT2D eigenvalue weighted by Crippen LogP contribution is -2.37. The lowest BCUT2D eigenvalue weighted by atomic mass is 9.95. The Morgan fingerprint density at radius 1 is 1.18 bits per heavy atom. The maximum absolute atomic E-state index is 13.1. The summed E-state index contributed by atoms with van der Waals surface area (Å²) >= 11 is 0. The highest BCUT2D eigenvalue weighted by atomic mass is 19.4. The van der Waals surface area contributed by atoms with E-state index in [-0.39, 0.29) is 5.82 Å². The molecule has 2 fully saturated rings. The van der Waals surface area contributed by atoms with Crippen molar-refractivity contribution in [1.82, 2.24) is 19.5 Å². The first-order valence-electron chi connectivity index (χ1n) is 12.6. The maximum atomic E-state index is 13.1. The van der Waals surface area contributed by atoms with Crippen molar-refractivity contribution in [1.29, 1.82) is 0 Å². The second-order valence-electron chi connectivity index (χ2n) is 9.51. The summed E-state index contributed by atoms with van der Waals surface area (Å²) in [5, 5.41) is 0. The Morgan fingerprint density at radius 2 is 1.92 bits per heavy atom. The quantitative estimate of drug-likeness (QED) is 0.496. The average Bonchev–Trinajstić information content (AvgIpc) is 3.68. The highest BCUT2D eigenvalue weighted by Gasteiger charge is 2.35. The van der Waals surface area contributed by atoms with Crippen LogP contribution in [0.5, 0.6) is 5.88 Å². The van der Waals surface area contributed by atoms with E-state index in [4.69, 9.17) is 15.5 Å². The molecular formula is C27H30F3N7O. The summed E-state index contributed by atoms with van der Waals surface area (Å²) in [7, 11) is 3.14. The minimum Gasteiger partial charge on any atom is -0.480 e. The predicted molar refractivity (Wildman–Crippen MR) is 140 cm³/mol. The number of rotatable bonds is 6. The molecule has 8 nitrogen and oxygen atoms in total. The van der Waals surface area contributed by atoms with Gasteiger partial charge in [-0.2, -0.15) is 13.2 Å². The summed E-state index contributed by atoms with van der Waals surface area (Å²) in [6, 6.07) is 7.38. The molecule has 3 heterocycles. The van der Waals surface area contributed by atoms with Crippen LogP contribution in [-0.2, 0) is 13.2 Å². The highest BCUT2D eigenvalue weighted by Crippen LogP contribution is 2.44. The summed E-state index contributed by atoms with van der Waals surface area (Å²) in [6.45, 7) is 3.89. The summed E-state index contributed by atoms with van der Waals surface area (Å²) in [4.78, 5) is 19.6. The van der Waals surface area contributed by atoms with Crippen LogP contribution in [0.2, 0.25) is 0 Å². The fraction of sp³-hybridized carbons (Fsp3) is 0.407. The number of hydrogen-bond donors (Lipinski definition) is 1. The lowest BCUT2D eigenvalue weighted by molar-refractivity contribution is -0.140. The Labute approximate surface area is 219 Å². The number of aromatic nitrogens is 4. The zero-order valence-electron chi connectivity index (χ0n) is 21.6. The molecule has 0 unspecified atom stereocenters. The molecule has 0 atom stereocenters. The number of imidazole rings is 1. The van der Waals surface area contributed by atoms with E-state index in [0.29, 0.717) is 42.6 Å². The molecule has 3 aromatic rings. The zero-order chi connectivity index (χ0) is 27.0. The molecule has 2 aromatic heterocycles. The molecule has 1 aromatic carbocycles. The number of nitrogens with zero attached hydrogens (tertiary/aromatic N) is 6. The van der Waals surface area contributed by atoms with Crippen LogP contribution in [0.25, 0.3) is 17.1 Å². The van der Waals surface area contributed by atoms with Crippen LogP contribution in [-0.4, -0.2) is 52.0 Å². The van der Waals surface area contributed by atoms with Crippen molar-refractivity contribution in [3.63, 3.8) is 0 Å². The average molecular weight is 526 g/mol. The number of benzene rings is 1. The Morgan fingerprint density at radius 3 is 2.53 bits per heavy atom. The molecule has 0 radical (unpaired) electrons. The van der Waals surface area contributed by atoms with Crippen molar-refractivity contribution in [3.05, 3.63) is 59.3 Å². The van der Waals surface area contributed by atoms with E-state index in [9.17, 15) is 13.2 Å². The van der Waals surface area contributed by atoms with Gasteiger partial charge >= 0.3 is 6.18 Å². The smallest absolute Gasteiger partial charge is 0.434 e. The van der Waals surface area contributed by atoms with Gasteiger partial charge in [-0.05, 0) is 44.0 Å². The van der Waals surface area contributed by atoms with Crippen LogP contribution in [0.3, 0.4) is 0 Å². The third-order valence-corrected chi connectivity index (χ3v) is 6.92. The molecule has 11 heteroatoms. The van der Waals surface area contributed by atoms with Gasteiger partial charge in [-0.1, -0.05) is 0 Å². The lowest BCUT2D eigenvalue weighted by Gasteiger charge is -2.33. The van der Waals surface area contributed by atoms with E-state index in [0.717, 1.165) is 53.8 Å². The molecule has 1 saturated carbocycles. The number of alkyl halides is 3. The van der Waals surface area contributed by atoms with Gasteiger partial charge in [-0.25, -0.2) is 15.0 Å². The molecular weight excluding hydrogens is 495 g/mol. The molecule has 0 amide bonds. The zero-order valence-corrected chi connectivity index (χ0v) is 21.6. The van der Waals surface area contributed by atoms with Gasteiger partial charge in [0.05, 0.1) is 24.1 Å². The first kappa shape index (κ1) is 25.7. The highest BCUT2D eigenvalue weighted by molar-refractivity contribution is 6.08. The summed E-state index contributed by atoms with van der Waals surface area (Å²) < 4.78 is 46.3. The first-order valence-corrected chi connectivity index (χ1v) is 12.6. The van der Waals surface area contributed by atoms with E-state index >= 15 is 0 Å². The van der Waals surface area contributed by atoms with E-state index in [2.05, 4.69) is 19.9 Å². The van der Waals surface area contributed by atoms with Crippen molar-refractivity contribution in [2.75, 3.05) is 31.6 Å². The van der Waals surface area contributed by atoms with Crippen molar-refractivity contribution in [2.24, 2.45) is 17.8 Å². The predicted octanol–water partition coefficient (Wildman–Crippen LogP) is 4.82. The molecule has 38 heavy (non-hydrogen) atoms. The number of aryl methyl sites for hydroxylation is 1. The van der Waals surface area contributed by atoms with Gasteiger partial charge < -0.3 is 19.9 Å². The molecule has 0 spiro atoms. The minimum atomic E-state index is -4.49. The monoisotopic (exact) mass is 525 g/mol. The Hall–Kier alpha value is -3.89. The first-order chi connectivity index (χ1) is 18.2. The standard InChI is InChI=1S/C27H30F3N7O/c1-4-32-20-11-12-37(13-19(20)23(31)22-24(16-5-6-16)33-15-34-26(22)38-3)18-9-7-17(8-10-18)25-35-21(14-36(25)2)27(28,29)30/h7-10,14-16H,4-6,11-13,31H2,1-3H3/b23-19-,32-20?. The van der Waals surface area contributed by atoms with E-state index in [1.165, 1.54) is 10.9 Å². The fourth-order valence-electron chi connectivity index (χ4n) is 4.88. The van der Waals surface area contributed by atoms with E-state index in [1.807, 2.05) is 19.1 Å². The Bertz CT molecular complexity index is 1390. The van der Waals surface area contributed by atoms with E-state index < -0.39 is 11.9 Å². The third-order valence-electron chi connectivity index (χ3n) is 6.92. The number of hydrogen-bond acceptors (Lipinski definition) is 7. The third kappa shape index (κ3) is 4.97. The second-order valence-corrected chi connectivity index (χ2v) is 9.51. The number of anilines is 1. The largest absolute Gasteiger partial charge is 0.480 e. The van der Waals surface area contributed by atoms with Crippen LogP contribution in [0.4, 0.5) is 18.9 Å². The van der Waals surface area contributed by atoms with Gasteiger partial charge in [0.1, 0.15) is 12.2 Å². The van der Waals surface area contributed by atoms with Crippen molar-refractivity contribution < 1.29 is 17.9 Å². The van der Waals surface area contributed by atoms with Crippen LogP contribution in [0.15, 0.2) is 47.4 Å². The summed E-state index contributed by atoms with van der Waals surface area (Å²) in [5.74, 6) is 1.06. The van der Waals surface area contributed by atoms with Crippen LogP contribution < -0.4 is 15.4 Å². The number of aliphatic imine (C=N–C) groups is 1. The maximum Gasteiger partial charge on any atom is 0.434 e. The van der Waals surface area contributed by atoms with Gasteiger partial charge in [0.2, 0.25) is 5.88 Å². The number of nitrogens with two attached hydrogens (primary N) is 1. The molecule has 1 aliphatic heterocycles. The normalized spacial score (nSPS) is 18.7. The molecule has 1 aliphatic carbocycles. The second kappa shape index (κ2) is 10.1.